The molecule has 1 N–H and O–H groups in total. The summed E-state index contributed by atoms with van der Waals surface area (Å²) in [6, 6.07) is 7.85. The van der Waals surface area contributed by atoms with Gasteiger partial charge in [0.25, 0.3) is 0 Å². The minimum absolute atomic E-state index is 0.750. The quantitative estimate of drug-likeness (QED) is 0.523. The van der Waals surface area contributed by atoms with Crippen LogP contribution in [0.4, 0.5) is 11.5 Å². The SMILES string of the molecule is CC1CCc2c(sc3ncnc(Nc4ccc(SC#N)cc4)c23)C1. The number of thiophene rings is 1. The molecule has 0 saturated heterocycles. The Kier molecular flexibility index (Phi) is 4.13. The summed E-state index contributed by atoms with van der Waals surface area (Å²) in [6.07, 6.45) is 5.12. The van der Waals surface area contributed by atoms with Gasteiger partial charge in [-0.1, -0.05) is 6.92 Å². The van der Waals surface area contributed by atoms with E-state index in [9.17, 15) is 0 Å². The molecule has 120 valence electrons. The Morgan fingerprint density at radius 1 is 1.29 bits per heavy atom. The van der Waals surface area contributed by atoms with E-state index in [1.54, 1.807) is 17.7 Å². The number of anilines is 2. The summed E-state index contributed by atoms with van der Waals surface area (Å²) in [6.45, 7) is 2.32. The average Bonchev–Trinajstić information content (AvgIpc) is 2.95. The number of hydrogen-bond acceptors (Lipinski definition) is 6. The molecule has 4 nitrogen and oxygen atoms in total. The normalized spacial score (nSPS) is 16.6. The Hall–Kier alpha value is -2.10. The predicted octanol–water partition coefficient (Wildman–Crippen LogP) is 5.13. The van der Waals surface area contributed by atoms with Gasteiger partial charge in [0.2, 0.25) is 0 Å². The molecule has 1 atom stereocenters. The predicted molar refractivity (Wildman–Crippen MR) is 99.8 cm³/mol. The van der Waals surface area contributed by atoms with Crippen molar-refractivity contribution in [1.82, 2.24) is 9.97 Å². The molecule has 0 amide bonds. The Bertz CT molecular complexity index is 925. The first-order valence-electron chi connectivity index (χ1n) is 7.93. The maximum atomic E-state index is 8.73. The van der Waals surface area contributed by atoms with E-state index in [2.05, 4.69) is 27.6 Å². The number of hydrogen-bond donors (Lipinski definition) is 1. The molecule has 0 spiro atoms. The molecule has 1 aliphatic rings. The van der Waals surface area contributed by atoms with Crippen molar-refractivity contribution in [2.45, 2.75) is 31.1 Å². The summed E-state index contributed by atoms with van der Waals surface area (Å²) in [5, 5.41) is 15.4. The number of aryl methyl sites for hydroxylation is 1. The van der Waals surface area contributed by atoms with Crippen LogP contribution in [0.3, 0.4) is 0 Å². The Balaban J connectivity index is 1.70. The fourth-order valence-electron chi connectivity index (χ4n) is 3.17. The van der Waals surface area contributed by atoms with Crippen molar-refractivity contribution in [3.8, 4) is 5.40 Å². The van der Waals surface area contributed by atoms with Crippen LogP contribution < -0.4 is 5.32 Å². The number of thiocyanates is 1. The number of benzene rings is 1. The van der Waals surface area contributed by atoms with Crippen molar-refractivity contribution in [2.24, 2.45) is 5.92 Å². The molecule has 3 aromatic rings. The van der Waals surface area contributed by atoms with Crippen LogP contribution in [0, 0.1) is 16.6 Å². The van der Waals surface area contributed by atoms with E-state index in [1.165, 1.54) is 34.0 Å². The van der Waals surface area contributed by atoms with Gasteiger partial charge in [-0.2, -0.15) is 5.26 Å². The lowest BCUT2D eigenvalue weighted by Crippen LogP contribution is -2.09. The highest BCUT2D eigenvalue weighted by Crippen LogP contribution is 2.40. The number of nitrogens with one attached hydrogen (secondary N) is 1. The molecule has 2 aromatic heterocycles. The first-order chi connectivity index (χ1) is 11.7. The largest absolute Gasteiger partial charge is 0.340 e. The van der Waals surface area contributed by atoms with Gasteiger partial charge in [-0.25, -0.2) is 9.97 Å². The molecule has 0 radical (unpaired) electrons. The molecule has 1 aliphatic carbocycles. The van der Waals surface area contributed by atoms with Crippen molar-refractivity contribution >= 4 is 44.8 Å². The van der Waals surface area contributed by atoms with Gasteiger partial charge in [0.05, 0.1) is 5.39 Å². The van der Waals surface area contributed by atoms with Crippen LogP contribution in [0.2, 0.25) is 0 Å². The second kappa shape index (κ2) is 6.42. The van der Waals surface area contributed by atoms with Gasteiger partial charge >= 0.3 is 0 Å². The third-order valence-corrected chi connectivity index (χ3v) is 6.13. The van der Waals surface area contributed by atoms with Crippen LogP contribution in [0.25, 0.3) is 10.2 Å². The fraction of sp³-hybridized carbons (Fsp3) is 0.278. The van der Waals surface area contributed by atoms with E-state index in [1.807, 2.05) is 24.3 Å². The van der Waals surface area contributed by atoms with Crippen LogP contribution in [-0.4, -0.2) is 9.97 Å². The number of rotatable bonds is 3. The summed E-state index contributed by atoms with van der Waals surface area (Å²) in [5.41, 5.74) is 2.40. The van der Waals surface area contributed by atoms with Crippen LogP contribution in [0.15, 0.2) is 35.5 Å². The second-order valence-corrected chi connectivity index (χ2v) is 8.04. The lowest BCUT2D eigenvalue weighted by molar-refractivity contribution is 0.509. The third kappa shape index (κ3) is 2.85. The van der Waals surface area contributed by atoms with Gasteiger partial charge in [0, 0.05) is 15.5 Å². The number of nitrogens with zero attached hydrogens (tertiary/aromatic N) is 3. The highest BCUT2D eigenvalue weighted by atomic mass is 32.2. The van der Waals surface area contributed by atoms with Crippen molar-refractivity contribution in [3.63, 3.8) is 0 Å². The van der Waals surface area contributed by atoms with Crippen molar-refractivity contribution in [1.29, 1.82) is 5.26 Å². The van der Waals surface area contributed by atoms with Gasteiger partial charge in [-0.15, -0.1) is 11.3 Å². The molecule has 0 saturated carbocycles. The van der Waals surface area contributed by atoms with E-state index in [0.717, 1.165) is 40.0 Å². The van der Waals surface area contributed by atoms with Gasteiger partial charge in [-0.3, -0.25) is 0 Å². The summed E-state index contributed by atoms with van der Waals surface area (Å²) in [7, 11) is 0. The standard InChI is InChI=1S/C18H16N4S2/c1-11-2-7-14-15(8-11)24-18-16(14)17(20-10-21-18)22-12-3-5-13(6-4-12)23-9-19/h3-6,10-11H,2,7-8H2,1H3,(H,20,21,22). The van der Waals surface area contributed by atoms with Crippen molar-refractivity contribution < 1.29 is 0 Å². The molecule has 24 heavy (non-hydrogen) atoms. The van der Waals surface area contributed by atoms with Crippen molar-refractivity contribution in [3.05, 3.63) is 41.0 Å². The summed E-state index contributed by atoms with van der Waals surface area (Å²) in [5.74, 6) is 1.63. The van der Waals surface area contributed by atoms with Crippen LogP contribution in [-0.2, 0) is 12.8 Å². The minimum Gasteiger partial charge on any atom is -0.340 e. The van der Waals surface area contributed by atoms with Crippen LogP contribution in [0.5, 0.6) is 0 Å². The van der Waals surface area contributed by atoms with E-state index < -0.39 is 0 Å². The van der Waals surface area contributed by atoms with Crippen LogP contribution in [0.1, 0.15) is 23.8 Å². The van der Waals surface area contributed by atoms with E-state index in [-0.39, 0.29) is 0 Å². The highest BCUT2D eigenvalue weighted by Gasteiger charge is 2.23. The molecule has 0 bridgehead atoms. The average molecular weight is 352 g/mol. The van der Waals surface area contributed by atoms with Crippen LogP contribution >= 0.6 is 23.1 Å². The third-order valence-electron chi connectivity index (χ3n) is 4.37. The van der Waals surface area contributed by atoms with E-state index in [4.69, 9.17) is 5.26 Å². The Labute approximate surface area is 148 Å². The smallest absolute Gasteiger partial charge is 0.142 e. The fourth-order valence-corrected chi connectivity index (χ4v) is 4.89. The molecular weight excluding hydrogens is 336 g/mol. The molecule has 0 fully saturated rings. The number of fused-ring (bicyclic) bond motifs is 3. The number of aromatic nitrogens is 2. The summed E-state index contributed by atoms with van der Waals surface area (Å²) >= 11 is 2.97. The molecule has 0 aliphatic heterocycles. The maximum Gasteiger partial charge on any atom is 0.142 e. The first-order valence-corrected chi connectivity index (χ1v) is 9.56. The lowest BCUT2D eigenvalue weighted by Gasteiger charge is -2.18. The molecule has 6 heteroatoms. The topological polar surface area (TPSA) is 61.6 Å². The Morgan fingerprint density at radius 3 is 2.92 bits per heavy atom. The first kappa shape index (κ1) is 15.4. The molecule has 1 aromatic carbocycles. The number of thioether (sulfide) groups is 1. The van der Waals surface area contributed by atoms with Gasteiger partial charge < -0.3 is 5.32 Å². The van der Waals surface area contributed by atoms with E-state index >= 15 is 0 Å². The van der Waals surface area contributed by atoms with Gasteiger partial charge in [0.15, 0.2) is 0 Å². The highest BCUT2D eigenvalue weighted by molar-refractivity contribution is 8.03. The minimum atomic E-state index is 0.750. The molecule has 1 unspecified atom stereocenters. The van der Waals surface area contributed by atoms with E-state index in [0.29, 0.717) is 0 Å². The molecular formula is C18H16N4S2. The van der Waals surface area contributed by atoms with Crippen molar-refractivity contribution in [2.75, 3.05) is 5.32 Å². The second-order valence-electron chi connectivity index (χ2n) is 6.10. The summed E-state index contributed by atoms with van der Waals surface area (Å²) in [4.78, 5) is 12.4. The molecule has 4 rings (SSSR count). The Morgan fingerprint density at radius 2 is 2.12 bits per heavy atom. The zero-order chi connectivity index (χ0) is 16.5. The lowest BCUT2D eigenvalue weighted by atomic mass is 9.89. The maximum absolute atomic E-state index is 8.73. The monoisotopic (exact) mass is 352 g/mol. The number of nitriles is 1. The summed E-state index contributed by atoms with van der Waals surface area (Å²) < 4.78 is 0. The zero-order valence-corrected chi connectivity index (χ0v) is 14.9. The van der Waals surface area contributed by atoms with Gasteiger partial charge in [0.1, 0.15) is 22.4 Å². The van der Waals surface area contributed by atoms with Gasteiger partial charge in [-0.05, 0) is 66.8 Å². The molecule has 2 heterocycles. The zero-order valence-electron chi connectivity index (χ0n) is 13.2.